The van der Waals surface area contributed by atoms with E-state index in [4.69, 9.17) is 23.2 Å². The van der Waals surface area contributed by atoms with Crippen molar-refractivity contribution in [3.05, 3.63) is 63.9 Å². The molecule has 1 N–H and O–H groups in total. The molecule has 0 spiro atoms. The zero-order valence-corrected chi connectivity index (χ0v) is 23.7. The van der Waals surface area contributed by atoms with E-state index in [-0.39, 0.29) is 24.6 Å². The summed E-state index contributed by atoms with van der Waals surface area (Å²) >= 11 is 12.7. The average Bonchev–Trinajstić information content (AvgIpc) is 2.84. The number of rotatable bonds is 13. The summed E-state index contributed by atoms with van der Waals surface area (Å²) in [7, 11) is -1.71. The first-order valence-electron chi connectivity index (χ1n) is 11.9. The SMILES string of the molecule is CCCCNC(=O)[C@H](CC)N(Cc1c(Cl)cccc1Cl)C(=O)CN(c1ccccc1F)S(=O)(=O)N(C)C. The zero-order chi connectivity index (χ0) is 27.8. The third-order valence-corrected chi connectivity index (χ3v) is 8.26. The number of anilines is 1. The van der Waals surface area contributed by atoms with Gasteiger partial charge in [-0.05, 0) is 37.1 Å². The van der Waals surface area contributed by atoms with E-state index in [2.05, 4.69) is 5.32 Å². The molecule has 0 heterocycles. The van der Waals surface area contributed by atoms with Gasteiger partial charge >= 0.3 is 10.2 Å². The van der Waals surface area contributed by atoms with Crippen molar-refractivity contribution in [2.75, 3.05) is 31.5 Å². The molecule has 2 aromatic rings. The summed E-state index contributed by atoms with van der Waals surface area (Å²) in [5.41, 5.74) is 0.118. The second-order valence-electron chi connectivity index (χ2n) is 8.54. The molecule has 0 aromatic heterocycles. The highest BCUT2D eigenvalue weighted by Gasteiger charge is 2.35. The highest BCUT2D eigenvalue weighted by Crippen LogP contribution is 2.28. The van der Waals surface area contributed by atoms with Crippen molar-refractivity contribution in [2.24, 2.45) is 0 Å². The summed E-state index contributed by atoms with van der Waals surface area (Å²) in [6.45, 7) is 3.26. The third kappa shape index (κ3) is 7.80. The normalized spacial score (nSPS) is 12.3. The molecule has 0 aliphatic heterocycles. The molecule has 1 atom stereocenters. The maximum atomic E-state index is 14.7. The molecule has 8 nitrogen and oxygen atoms in total. The lowest BCUT2D eigenvalue weighted by Crippen LogP contribution is -2.53. The second-order valence-corrected chi connectivity index (χ2v) is 11.4. The molecule has 2 rings (SSSR count). The largest absolute Gasteiger partial charge is 0.354 e. The first-order chi connectivity index (χ1) is 17.4. The summed E-state index contributed by atoms with van der Waals surface area (Å²) in [6.07, 6.45) is 1.87. The zero-order valence-electron chi connectivity index (χ0n) is 21.4. The topological polar surface area (TPSA) is 90.0 Å². The van der Waals surface area contributed by atoms with Gasteiger partial charge in [0.25, 0.3) is 0 Å². The van der Waals surface area contributed by atoms with Crippen LogP contribution in [0.5, 0.6) is 0 Å². The van der Waals surface area contributed by atoms with Crippen molar-refractivity contribution in [1.29, 1.82) is 0 Å². The van der Waals surface area contributed by atoms with E-state index in [1.165, 1.54) is 37.2 Å². The van der Waals surface area contributed by atoms with Gasteiger partial charge in [-0.1, -0.05) is 61.7 Å². The van der Waals surface area contributed by atoms with Crippen molar-refractivity contribution in [3.63, 3.8) is 0 Å². The average molecular weight is 576 g/mol. The van der Waals surface area contributed by atoms with E-state index in [0.717, 1.165) is 23.2 Å². The van der Waals surface area contributed by atoms with Gasteiger partial charge in [-0.3, -0.25) is 9.59 Å². The Morgan fingerprint density at radius 1 is 1.03 bits per heavy atom. The quantitative estimate of drug-likeness (QED) is 0.357. The number of nitrogens with one attached hydrogen (secondary N) is 1. The van der Waals surface area contributed by atoms with Crippen LogP contribution in [0.3, 0.4) is 0 Å². The number of carbonyl (C=O) groups is 2. The molecule has 0 radical (unpaired) electrons. The Kier molecular flexibility index (Phi) is 11.6. The minimum absolute atomic E-state index is 0.149. The number of halogens is 3. The molecule has 0 unspecified atom stereocenters. The molecule has 37 heavy (non-hydrogen) atoms. The Morgan fingerprint density at radius 2 is 1.65 bits per heavy atom. The number of amides is 2. The van der Waals surface area contributed by atoms with Gasteiger partial charge < -0.3 is 10.2 Å². The molecular formula is C25H33Cl2FN4O4S. The van der Waals surface area contributed by atoms with Crippen LogP contribution in [0.4, 0.5) is 10.1 Å². The van der Waals surface area contributed by atoms with Crippen LogP contribution in [0.1, 0.15) is 38.7 Å². The van der Waals surface area contributed by atoms with Crippen LogP contribution in [0, 0.1) is 5.82 Å². The molecule has 0 aliphatic carbocycles. The number of nitrogens with zero attached hydrogens (tertiary/aromatic N) is 3. The van der Waals surface area contributed by atoms with Crippen molar-refractivity contribution in [1.82, 2.24) is 14.5 Å². The van der Waals surface area contributed by atoms with E-state index < -0.39 is 34.5 Å². The fraction of sp³-hybridized carbons (Fsp3) is 0.440. The molecule has 204 valence electrons. The minimum Gasteiger partial charge on any atom is -0.354 e. The van der Waals surface area contributed by atoms with E-state index in [1.54, 1.807) is 25.1 Å². The molecule has 0 aliphatic rings. The van der Waals surface area contributed by atoms with Crippen molar-refractivity contribution < 1.29 is 22.4 Å². The van der Waals surface area contributed by atoms with Crippen LogP contribution >= 0.6 is 23.2 Å². The van der Waals surface area contributed by atoms with Gasteiger partial charge in [0, 0.05) is 42.8 Å². The molecule has 0 fully saturated rings. The second kappa shape index (κ2) is 13.9. The summed E-state index contributed by atoms with van der Waals surface area (Å²) in [6, 6.07) is 9.19. The highest BCUT2D eigenvalue weighted by atomic mass is 35.5. The molecule has 0 saturated heterocycles. The Hall–Kier alpha value is -2.40. The van der Waals surface area contributed by atoms with Gasteiger partial charge in [0.05, 0.1) is 5.69 Å². The molecule has 0 bridgehead atoms. The fourth-order valence-electron chi connectivity index (χ4n) is 3.64. The van der Waals surface area contributed by atoms with Crippen molar-refractivity contribution >= 4 is 50.9 Å². The minimum atomic E-state index is -4.28. The maximum Gasteiger partial charge on any atom is 0.304 e. The van der Waals surface area contributed by atoms with Crippen molar-refractivity contribution in [3.8, 4) is 0 Å². The van der Waals surface area contributed by atoms with Crippen LogP contribution in [0.25, 0.3) is 0 Å². The Labute approximate surface area is 228 Å². The van der Waals surface area contributed by atoms with Gasteiger partial charge in [-0.25, -0.2) is 8.70 Å². The van der Waals surface area contributed by atoms with Crippen molar-refractivity contribution in [2.45, 2.75) is 45.7 Å². The first-order valence-corrected chi connectivity index (χ1v) is 14.1. The van der Waals surface area contributed by atoms with E-state index >= 15 is 0 Å². The lowest BCUT2D eigenvalue weighted by Gasteiger charge is -2.34. The third-order valence-electron chi connectivity index (χ3n) is 5.75. The maximum absolute atomic E-state index is 14.7. The van der Waals surface area contributed by atoms with Crippen LogP contribution in [-0.4, -0.2) is 62.7 Å². The monoisotopic (exact) mass is 574 g/mol. The van der Waals surface area contributed by atoms with Crippen LogP contribution in [0.2, 0.25) is 10.0 Å². The number of hydrogen-bond acceptors (Lipinski definition) is 4. The standard InChI is InChI=1S/C25H33Cl2FN4O4S/c1-5-7-15-29-25(34)22(6-2)31(16-18-19(26)11-10-12-20(18)27)24(33)17-32(37(35,36)30(3)4)23-14-9-8-13-21(23)28/h8-14,22H,5-7,15-17H2,1-4H3,(H,29,34)/t22-/m0/s1. The molecular weight excluding hydrogens is 542 g/mol. The Bertz CT molecular complexity index is 1180. The molecule has 2 aromatic carbocycles. The van der Waals surface area contributed by atoms with Gasteiger partial charge in [-0.2, -0.15) is 12.7 Å². The lowest BCUT2D eigenvalue weighted by atomic mass is 10.1. The van der Waals surface area contributed by atoms with Gasteiger partial charge in [-0.15, -0.1) is 0 Å². The van der Waals surface area contributed by atoms with E-state index in [0.29, 0.717) is 26.5 Å². The number of para-hydroxylation sites is 1. The van der Waals surface area contributed by atoms with Crippen LogP contribution < -0.4 is 9.62 Å². The first kappa shape index (κ1) is 30.8. The van der Waals surface area contributed by atoms with E-state index in [9.17, 15) is 22.4 Å². The summed E-state index contributed by atoms with van der Waals surface area (Å²) in [5, 5.41) is 3.41. The summed E-state index contributed by atoms with van der Waals surface area (Å²) in [5.74, 6) is -1.92. The molecule has 12 heteroatoms. The number of carbonyl (C=O) groups excluding carboxylic acids is 2. The number of unbranched alkanes of at least 4 members (excludes halogenated alkanes) is 1. The Morgan fingerprint density at radius 3 is 2.19 bits per heavy atom. The predicted molar refractivity (Wildman–Crippen MR) is 145 cm³/mol. The number of benzene rings is 2. The fourth-order valence-corrected chi connectivity index (χ4v) is 5.22. The summed E-state index contributed by atoms with van der Waals surface area (Å²) < 4.78 is 42.6. The molecule has 2 amide bonds. The smallest absolute Gasteiger partial charge is 0.304 e. The van der Waals surface area contributed by atoms with Gasteiger partial charge in [0.2, 0.25) is 11.8 Å². The van der Waals surface area contributed by atoms with Gasteiger partial charge in [0.15, 0.2) is 0 Å². The predicted octanol–water partition coefficient (Wildman–Crippen LogP) is 4.47. The number of hydrogen-bond donors (Lipinski definition) is 1. The highest BCUT2D eigenvalue weighted by molar-refractivity contribution is 7.90. The lowest BCUT2D eigenvalue weighted by molar-refractivity contribution is -0.140. The summed E-state index contributed by atoms with van der Waals surface area (Å²) in [4.78, 5) is 28.1. The van der Waals surface area contributed by atoms with Crippen LogP contribution in [-0.2, 0) is 26.3 Å². The van der Waals surface area contributed by atoms with Gasteiger partial charge in [0.1, 0.15) is 18.4 Å². The van der Waals surface area contributed by atoms with E-state index in [1.807, 2.05) is 6.92 Å². The molecule has 0 saturated carbocycles. The van der Waals surface area contributed by atoms with Crippen LogP contribution in [0.15, 0.2) is 42.5 Å². The Balaban J connectivity index is 2.54.